The molecule has 6 rings (SSSR count). The van der Waals surface area contributed by atoms with Crippen LogP contribution in [0.1, 0.15) is 11.1 Å². The molecule has 5 heteroatoms. The normalized spacial score (nSPS) is 17.7. The number of rotatable bonds is 2. The zero-order valence-electron chi connectivity index (χ0n) is 19.1. The highest BCUT2D eigenvalue weighted by Gasteiger charge is 2.29. The van der Waals surface area contributed by atoms with Crippen LogP contribution in [0.15, 0.2) is 88.8 Å². The van der Waals surface area contributed by atoms with Gasteiger partial charge in [-0.2, -0.15) is 4.99 Å². The number of aliphatic imine (C=N–C) groups is 1. The Labute approximate surface area is 203 Å². The van der Waals surface area contributed by atoms with E-state index in [1.165, 1.54) is 33.8 Å². The standard InChI is InChI=1S/C29H25N3OS/c1-20-10-12-23(13-11-20)31-14-16-32(17-15-31)29-30-28(33)27(34-29)19-26-24-8-4-2-6-21(24)18-22-7-3-5-9-25(22)26/h2-13,18-19H,14-17H2,1H3/b27-19-. The molecule has 2 aliphatic rings. The largest absolute Gasteiger partial charge is 0.368 e. The summed E-state index contributed by atoms with van der Waals surface area (Å²) in [6, 6.07) is 27.6. The summed E-state index contributed by atoms with van der Waals surface area (Å²) in [6.07, 6.45) is 2.04. The Morgan fingerprint density at radius 1 is 0.794 bits per heavy atom. The number of hydrogen-bond donors (Lipinski definition) is 0. The van der Waals surface area contributed by atoms with Gasteiger partial charge in [-0.3, -0.25) is 4.79 Å². The number of fused-ring (bicyclic) bond motifs is 2. The van der Waals surface area contributed by atoms with Crippen molar-refractivity contribution in [2.24, 2.45) is 4.99 Å². The van der Waals surface area contributed by atoms with E-state index in [0.717, 1.165) is 47.7 Å². The third-order valence-electron chi connectivity index (χ3n) is 6.65. The summed E-state index contributed by atoms with van der Waals surface area (Å²) in [5.41, 5.74) is 3.62. The maximum Gasteiger partial charge on any atom is 0.286 e. The van der Waals surface area contributed by atoms with Gasteiger partial charge in [0.15, 0.2) is 5.17 Å². The molecule has 0 atom stereocenters. The van der Waals surface area contributed by atoms with Crippen LogP contribution < -0.4 is 4.90 Å². The van der Waals surface area contributed by atoms with Crippen molar-refractivity contribution in [1.29, 1.82) is 0 Å². The van der Waals surface area contributed by atoms with Crippen molar-refractivity contribution in [3.8, 4) is 0 Å². The lowest BCUT2D eigenvalue weighted by Crippen LogP contribution is -2.47. The number of amides is 1. The first kappa shape index (κ1) is 21.0. The van der Waals surface area contributed by atoms with Crippen molar-refractivity contribution in [1.82, 2.24) is 4.90 Å². The van der Waals surface area contributed by atoms with Crippen LogP contribution in [0.4, 0.5) is 5.69 Å². The summed E-state index contributed by atoms with van der Waals surface area (Å²) < 4.78 is 0. The Hall–Kier alpha value is -3.57. The van der Waals surface area contributed by atoms with Gasteiger partial charge >= 0.3 is 0 Å². The molecule has 0 aliphatic carbocycles. The van der Waals surface area contributed by atoms with Gasteiger partial charge in [0.05, 0.1) is 4.91 Å². The lowest BCUT2D eigenvalue weighted by molar-refractivity contribution is -0.113. The van der Waals surface area contributed by atoms with Gasteiger partial charge in [-0.1, -0.05) is 66.2 Å². The number of hydrogen-bond acceptors (Lipinski definition) is 4. The number of carbonyl (C=O) groups excluding carboxylic acids is 1. The SMILES string of the molecule is Cc1ccc(N2CCN(C3=NC(=O)/C(=C/c4c5ccccc5cc5ccccc45)S3)CC2)cc1. The quantitative estimate of drug-likeness (QED) is 0.266. The number of amidine groups is 1. The summed E-state index contributed by atoms with van der Waals surface area (Å²) in [5.74, 6) is -0.141. The van der Waals surface area contributed by atoms with Crippen molar-refractivity contribution < 1.29 is 4.79 Å². The van der Waals surface area contributed by atoms with E-state index in [-0.39, 0.29) is 5.91 Å². The molecule has 168 valence electrons. The van der Waals surface area contributed by atoms with E-state index in [9.17, 15) is 4.79 Å². The van der Waals surface area contributed by atoms with Crippen molar-refractivity contribution in [3.05, 3.63) is 94.9 Å². The maximum absolute atomic E-state index is 12.9. The Kier molecular flexibility index (Phi) is 5.34. The minimum atomic E-state index is -0.141. The molecule has 1 fully saturated rings. The second-order valence-corrected chi connectivity index (χ2v) is 9.86. The Morgan fingerprint density at radius 3 is 2.03 bits per heavy atom. The zero-order valence-corrected chi connectivity index (χ0v) is 19.9. The Morgan fingerprint density at radius 2 is 1.38 bits per heavy atom. The highest BCUT2D eigenvalue weighted by Crippen LogP contribution is 2.35. The van der Waals surface area contributed by atoms with Crippen LogP contribution in [0.3, 0.4) is 0 Å². The van der Waals surface area contributed by atoms with E-state index < -0.39 is 0 Å². The van der Waals surface area contributed by atoms with Crippen molar-refractivity contribution in [3.63, 3.8) is 0 Å². The second kappa shape index (κ2) is 8.65. The van der Waals surface area contributed by atoms with Gasteiger partial charge in [0.1, 0.15) is 0 Å². The van der Waals surface area contributed by atoms with Crippen LogP contribution in [0.5, 0.6) is 0 Å². The number of thioether (sulfide) groups is 1. The fraction of sp³-hybridized carbons (Fsp3) is 0.172. The lowest BCUT2D eigenvalue weighted by Gasteiger charge is -2.36. The van der Waals surface area contributed by atoms with Crippen LogP contribution in [0, 0.1) is 6.92 Å². The molecule has 4 nitrogen and oxygen atoms in total. The highest BCUT2D eigenvalue weighted by molar-refractivity contribution is 8.18. The minimum absolute atomic E-state index is 0.141. The van der Waals surface area contributed by atoms with E-state index in [1.54, 1.807) is 0 Å². The smallest absolute Gasteiger partial charge is 0.286 e. The molecule has 1 amide bonds. The summed E-state index contributed by atoms with van der Waals surface area (Å²) in [6.45, 7) is 5.67. The fourth-order valence-electron chi connectivity index (χ4n) is 4.78. The molecule has 0 saturated carbocycles. The van der Waals surface area contributed by atoms with E-state index >= 15 is 0 Å². The second-order valence-electron chi connectivity index (χ2n) is 8.85. The minimum Gasteiger partial charge on any atom is -0.368 e. The van der Waals surface area contributed by atoms with Gasteiger partial charge in [-0.25, -0.2) is 0 Å². The topological polar surface area (TPSA) is 35.9 Å². The third-order valence-corrected chi connectivity index (χ3v) is 7.69. The number of aryl methyl sites for hydroxylation is 1. The molecular weight excluding hydrogens is 438 g/mol. The first-order chi connectivity index (χ1) is 16.7. The zero-order chi connectivity index (χ0) is 23.1. The van der Waals surface area contributed by atoms with Gasteiger partial charge < -0.3 is 9.80 Å². The lowest BCUT2D eigenvalue weighted by atomic mass is 9.96. The van der Waals surface area contributed by atoms with Gasteiger partial charge in [-0.05, 0) is 70.1 Å². The van der Waals surface area contributed by atoms with Crippen LogP contribution in [0.2, 0.25) is 0 Å². The molecular formula is C29H25N3OS. The summed E-state index contributed by atoms with van der Waals surface area (Å²) in [5, 5.41) is 5.49. The first-order valence-corrected chi connectivity index (χ1v) is 12.5. The van der Waals surface area contributed by atoms with E-state index in [0.29, 0.717) is 4.91 Å². The molecule has 0 aromatic heterocycles. The van der Waals surface area contributed by atoms with E-state index in [1.807, 2.05) is 6.08 Å². The van der Waals surface area contributed by atoms with Gasteiger partial charge in [-0.15, -0.1) is 0 Å². The molecule has 0 unspecified atom stereocenters. The molecule has 4 aromatic carbocycles. The fourth-order valence-corrected chi connectivity index (χ4v) is 5.73. The summed E-state index contributed by atoms with van der Waals surface area (Å²) >= 11 is 1.51. The molecule has 34 heavy (non-hydrogen) atoms. The summed E-state index contributed by atoms with van der Waals surface area (Å²) in [7, 11) is 0. The monoisotopic (exact) mass is 463 g/mol. The number of anilines is 1. The molecule has 0 bridgehead atoms. The van der Waals surface area contributed by atoms with E-state index in [2.05, 4.69) is 101 Å². The van der Waals surface area contributed by atoms with Gasteiger partial charge in [0.25, 0.3) is 5.91 Å². The van der Waals surface area contributed by atoms with Gasteiger partial charge in [0.2, 0.25) is 0 Å². The Balaban J connectivity index is 1.25. The predicted molar refractivity (Wildman–Crippen MR) is 144 cm³/mol. The van der Waals surface area contributed by atoms with Gasteiger partial charge in [0, 0.05) is 31.9 Å². The average Bonchev–Trinajstić information content (AvgIpc) is 3.24. The molecule has 0 N–H and O–H groups in total. The third kappa shape index (κ3) is 3.86. The van der Waals surface area contributed by atoms with Crippen LogP contribution >= 0.6 is 11.8 Å². The molecule has 4 aromatic rings. The molecule has 0 radical (unpaired) electrons. The number of nitrogens with zero attached hydrogens (tertiary/aromatic N) is 3. The first-order valence-electron chi connectivity index (χ1n) is 11.7. The number of carbonyl (C=O) groups is 1. The predicted octanol–water partition coefficient (Wildman–Crippen LogP) is 6.09. The number of piperazine rings is 1. The average molecular weight is 464 g/mol. The number of benzene rings is 4. The van der Waals surface area contributed by atoms with Crippen LogP contribution in [-0.2, 0) is 4.79 Å². The summed E-state index contributed by atoms with van der Waals surface area (Å²) in [4.78, 5) is 22.7. The van der Waals surface area contributed by atoms with E-state index in [4.69, 9.17) is 0 Å². The molecule has 0 spiro atoms. The van der Waals surface area contributed by atoms with Crippen LogP contribution in [-0.4, -0.2) is 42.2 Å². The Bertz CT molecular complexity index is 1410. The van der Waals surface area contributed by atoms with Crippen LogP contribution in [0.25, 0.3) is 27.6 Å². The molecule has 2 aliphatic heterocycles. The van der Waals surface area contributed by atoms with Crippen molar-refractivity contribution in [2.75, 3.05) is 31.1 Å². The maximum atomic E-state index is 12.9. The molecule has 1 saturated heterocycles. The molecule has 2 heterocycles. The van der Waals surface area contributed by atoms with Crippen molar-refractivity contribution >= 4 is 56.1 Å². The van der Waals surface area contributed by atoms with Crippen molar-refractivity contribution in [2.45, 2.75) is 6.92 Å². The highest BCUT2D eigenvalue weighted by atomic mass is 32.2.